The van der Waals surface area contributed by atoms with Crippen molar-refractivity contribution >= 4 is 5.69 Å². The van der Waals surface area contributed by atoms with Gasteiger partial charge in [-0.1, -0.05) is 87.4 Å². The van der Waals surface area contributed by atoms with Crippen LogP contribution in [0.3, 0.4) is 0 Å². The van der Waals surface area contributed by atoms with E-state index < -0.39 is 0 Å². The predicted molar refractivity (Wildman–Crippen MR) is 102 cm³/mol. The van der Waals surface area contributed by atoms with Crippen LogP contribution in [0.15, 0.2) is 48.5 Å². The molecule has 2 N–H and O–H groups in total. The number of unbranched alkanes of at least 4 members (excludes halogenated alkanes) is 5. The molecule has 0 aliphatic rings. The van der Waals surface area contributed by atoms with Crippen molar-refractivity contribution in [2.45, 2.75) is 64.7 Å². The normalized spacial score (nSPS) is 12.3. The molecule has 0 amide bonds. The van der Waals surface area contributed by atoms with Gasteiger partial charge in [0.2, 0.25) is 0 Å². The third-order valence-corrected chi connectivity index (χ3v) is 4.66. The van der Waals surface area contributed by atoms with Crippen LogP contribution in [0.1, 0.15) is 74.5 Å². The van der Waals surface area contributed by atoms with Crippen LogP contribution in [-0.2, 0) is 0 Å². The maximum Gasteiger partial charge on any atom is 0.0314 e. The first kappa shape index (κ1) is 17.6. The van der Waals surface area contributed by atoms with E-state index >= 15 is 0 Å². The summed E-state index contributed by atoms with van der Waals surface area (Å²) in [5.74, 6) is 0.488. The Balaban J connectivity index is 2.02. The molecule has 1 unspecified atom stereocenters. The molecule has 2 aromatic carbocycles. The van der Waals surface area contributed by atoms with E-state index in [-0.39, 0.29) is 0 Å². The molecule has 1 heteroatoms. The lowest BCUT2D eigenvalue weighted by molar-refractivity contribution is 0.568. The van der Waals surface area contributed by atoms with Crippen molar-refractivity contribution in [2.75, 3.05) is 5.73 Å². The molecular formula is C22H31N. The number of anilines is 1. The monoisotopic (exact) mass is 309 g/mol. The zero-order chi connectivity index (χ0) is 16.5. The van der Waals surface area contributed by atoms with E-state index in [9.17, 15) is 0 Å². The fourth-order valence-electron chi connectivity index (χ4n) is 3.18. The minimum absolute atomic E-state index is 0.488. The minimum Gasteiger partial charge on any atom is -0.399 e. The van der Waals surface area contributed by atoms with Gasteiger partial charge < -0.3 is 5.73 Å². The smallest absolute Gasteiger partial charge is 0.0314 e. The predicted octanol–water partition coefficient (Wildman–Crippen LogP) is 6.46. The largest absolute Gasteiger partial charge is 0.399 e. The highest BCUT2D eigenvalue weighted by atomic mass is 14.5. The summed E-state index contributed by atoms with van der Waals surface area (Å²) < 4.78 is 0. The highest BCUT2D eigenvalue weighted by Crippen LogP contribution is 2.31. The van der Waals surface area contributed by atoms with E-state index in [1.165, 1.54) is 61.6 Å². The second-order valence-corrected chi connectivity index (χ2v) is 6.69. The molecule has 0 bridgehead atoms. The molecular weight excluding hydrogens is 278 g/mol. The van der Waals surface area contributed by atoms with Crippen molar-refractivity contribution < 1.29 is 0 Å². The second-order valence-electron chi connectivity index (χ2n) is 6.69. The summed E-state index contributed by atoms with van der Waals surface area (Å²) in [5.41, 5.74) is 10.8. The van der Waals surface area contributed by atoms with Crippen LogP contribution in [0.5, 0.6) is 0 Å². The minimum atomic E-state index is 0.488. The van der Waals surface area contributed by atoms with Gasteiger partial charge in [-0.25, -0.2) is 0 Å². The molecule has 0 aliphatic heterocycles. The van der Waals surface area contributed by atoms with Gasteiger partial charge >= 0.3 is 0 Å². The van der Waals surface area contributed by atoms with E-state index in [0.29, 0.717) is 5.92 Å². The number of nitrogens with two attached hydrogens (primary N) is 1. The number of benzene rings is 2. The molecule has 0 radical (unpaired) electrons. The summed E-state index contributed by atoms with van der Waals surface area (Å²) in [7, 11) is 0. The van der Waals surface area contributed by atoms with Crippen LogP contribution in [0, 0.1) is 6.92 Å². The number of hydrogen-bond donors (Lipinski definition) is 1. The maximum atomic E-state index is 5.85. The van der Waals surface area contributed by atoms with E-state index in [2.05, 4.69) is 50.2 Å². The van der Waals surface area contributed by atoms with Crippen molar-refractivity contribution in [3.63, 3.8) is 0 Å². The van der Waals surface area contributed by atoms with E-state index in [1.807, 2.05) is 12.1 Å². The molecule has 0 aliphatic carbocycles. The molecule has 0 saturated carbocycles. The van der Waals surface area contributed by atoms with E-state index in [0.717, 1.165) is 5.69 Å². The summed E-state index contributed by atoms with van der Waals surface area (Å²) in [6.07, 6.45) is 9.31. The average molecular weight is 309 g/mol. The van der Waals surface area contributed by atoms with Crippen LogP contribution in [0.2, 0.25) is 0 Å². The lowest BCUT2D eigenvalue weighted by atomic mass is 9.86. The SMILES string of the molecule is CCCCCCCCC(c1ccc(C)cc1)c1ccc(N)cc1. The fourth-order valence-corrected chi connectivity index (χ4v) is 3.18. The molecule has 0 aromatic heterocycles. The molecule has 1 atom stereocenters. The van der Waals surface area contributed by atoms with Gasteiger partial charge in [0.1, 0.15) is 0 Å². The number of nitrogen functional groups attached to an aromatic ring is 1. The fraction of sp³-hybridized carbons (Fsp3) is 0.455. The Labute approximate surface area is 141 Å². The van der Waals surface area contributed by atoms with Gasteiger partial charge in [0, 0.05) is 11.6 Å². The summed E-state index contributed by atoms with van der Waals surface area (Å²) in [6.45, 7) is 4.42. The molecule has 124 valence electrons. The Morgan fingerprint density at radius 1 is 0.739 bits per heavy atom. The maximum absolute atomic E-state index is 5.85. The first-order valence-electron chi connectivity index (χ1n) is 9.12. The number of aryl methyl sites for hydroxylation is 1. The third-order valence-electron chi connectivity index (χ3n) is 4.66. The molecule has 0 heterocycles. The molecule has 2 rings (SSSR count). The molecule has 0 spiro atoms. The van der Waals surface area contributed by atoms with Crippen molar-refractivity contribution in [3.8, 4) is 0 Å². The Morgan fingerprint density at radius 2 is 1.26 bits per heavy atom. The van der Waals surface area contributed by atoms with Crippen molar-refractivity contribution in [2.24, 2.45) is 0 Å². The Hall–Kier alpha value is -1.76. The van der Waals surface area contributed by atoms with E-state index in [4.69, 9.17) is 5.73 Å². The van der Waals surface area contributed by atoms with Crippen LogP contribution >= 0.6 is 0 Å². The number of hydrogen-bond acceptors (Lipinski definition) is 1. The molecule has 23 heavy (non-hydrogen) atoms. The average Bonchev–Trinajstić information content (AvgIpc) is 2.57. The van der Waals surface area contributed by atoms with Gasteiger partial charge in [0.25, 0.3) is 0 Å². The van der Waals surface area contributed by atoms with Gasteiger partial charge in [-0.2, -0.15) is 0 Å². The second kappa shape index (κ2) is 9.39. The highest BCUT2D eigenvalue weighted by molar-refractivity contribution is 5.43. The van der Waals surface area contributed by atoms with Gasteiger partial charge in [-0.15, -0.1) is 0 Å². The van der Waals surface area contributed by atoms with Crippen molar-refractivity contribution in [1.29, 1.82) is 0 Å². The summed E-state index contributed by atoms with van der Waals surface area (Å²) in [4.78, 5) is 0. The molecule has 2 aromatic rings. The van der Waals surface area contributed by atoms with Gasteiger partial charge in [-0.3, -0.25) is 0 Å². The van der Waals surface area contributed by atoms with Crippen LogP contribution in [0.25, 0.3) is 0 Å². The third kappa shape index (κ3) is 5.74. The molecule has 0 saturated heterocycles. The van der Waals surface area contributed by atoms with Crippen molar-refractivity contribution in [3.05, 3.63) is 65.2 Å². The summed E-state index contributed by atoms with van der Waals surface area (Å²) >= 11 is 0. The Kier molecular flexibility index (Phi) is 7.19. The Bertz CT molecular complexity index is 508. The highest BCUT2D eigenvalue weighted by Gasteiger charge is 2.13. The van der Waals surface area contributed by atoms with Gasteiger partial charge in [-0.05, 0) is 36.6 Å². The van der Waals surface area contributed by atoms with Gasteiger partial charge in [0.15, 0.2) is 0 Å². The summed E-state index contributed by atoms with van der Waals surface area (Å²) in [5, 5.41) is 0. The van der Waals surface area contributed by atoms with Gasteiger partial charge in [0.05, 0.1) is 0 Å². The molecule has 1 nitrogen and oxygen atoms in total. The first-order chi connectivity index (χ1) is 11.2. The zero-order valence-electron chi connectivity index (χ0n) is 14.7. The lowest BCUT2D eigenvalue weighted by Gasteiger charge is -2.19. The van der Waals surface area contributed by atoms with E-state index in [1.54, 1.807) is 0 Å². The summed E-state index contributed by atoms with van der Waals surface area (Å²) in [6, 6.07) is 17.5. The lowest BCUT2D eigenvalue weighted by Crippen LogP contribution is -2.02. The Morgan fingerprint density at radius 3 is 1.87 bits per heavy atom. The first-order valence-corrected chi connectivity index (χ1v) is 9.12. The topological polar surface area (TPSA) is 26.0 Å². The number of rotatable bonds is 9. The quantitative estimate of drug-likeness (QED) is 0.417. The standard InChI is InChI=1S/C22H31N/c1-3-4-5-6-7-8-9-22(19-12-10-18(2)11-13-19)20-14-16-21(23)17-15-20/h10-17,22H,3-9,23H2,1-2H3. The van der Waals surface area contributed by atoms with Crippen molar-refractivity contribution in [1.82, 2.24) is 0 Å². The van der Waals surface area contributed by atoms with Crippen LogP contribution in [-0.4, -0.2) is 0 Å². The molecule has 0 fully saturated rings. The zero-order valence-corrected chi connectivity index (χ0v) is 14.7. The van der Waals surface area contributed by atoms with Crippen LogP contribution in [0.4, 0.5) is 5.69 Å². The van der Waals surface area contributed by atoms with Crippen LogP contribution < -0.4 is 5.73 Å².